The number of nitrogens with one attached hydrogen (secondary N) is 1. The number of hydrogen-bond donors (Lipinski definition) is 2. The Morgan fingerprint density at radius 2 is 2.10 bits per heavy atom. The summed E-state index contributed by atoms with van der Waals surface area (Å²) >= 11 is 6.14. The number of para-hydroxylation sites is 1. The van der Waals surface area contributed by atoms with Crippen molar-refractivity contribution in [1.82, 2.24) is 0 Å². The van der Waals surface area contributed by atoms with Gasteiger partial charge in [-0.15, -0.1) is 0 Å². The van der Waals surface area contributed by atoms with Gasteiger partial charge in [-0.1, -0.05) is 29.8 Å². The zero-order valence-electron chi connectivity index (χ0n) is 10.7. The van der Waals surface area contributed by atoms with Crippen LogP contribution in [0.1, 0.15) is 0 Å². The standard InChI is InChI=1S/C15H14ClFN2O/c16-11-4-2-5-12(17)14(11)10-3-1-6-13-15(10)20-9(7-18)8-19-13/h1-6,9,19H,7-8,18H2/t9-/m0/s1. The highest BCUT2D eigenvalue weighted by Gasteiger charge is 2.23. The predicted molar refractivity (Wildman–Crippen MR) is 78.8 cm³/mol. The van der Waals surface area contributed by atoms with Gasteiger partial charge in [-0.2, -0.15) is 0 Å². The number of rotatable bonds is 2. The van der Waals surface area contributed by atoms with Crippen molar-refractivity contribution in [3.63, 3.8) is 0 Å². The molecule has 20 heavy (non-hydrogen) atoms. The topological polar surface area (TPSA) is 47.3 Å². The molecule has 1 aliphatic rings. The average Bonchev–Trinajstić information content (AvgIpc) is 2.47. The molecule has 5 heteroatoms. The van der Waals surface area contributed by atoms with Crippen molar-refractivity contribution in [2.24, 2.45) is 5.73 Å². The smallest absolute Gasteiger partial charge is 0.150 e. The van der Waals surface area contributed by atoms with E-state index in [2.05, 4.69) is 5.32 Å². The second-order valence-electron chi connectivity index (χ2n) is 4.64. The second kappa shape index (κ2) is 5.31. The fourth-order valence-electron chi connectivity index (χ4n) is 2.32. The van der Waals surface area contributed by atoms with Crippen LogP contribution < -0.4 is 15.8 Å². The minimum atomic E-state index is -0.371. The molecule has 1 heterocycles. The van der Waals surface area contributed by atoms with Crippen LogP contribution in [0.3, 0.4) is 0 Å². The first-order valence-corrected chi connectivity index (χ1v) is 6.76. The average molecular weight is 293 g/mol. The van der Waals surface area contributed by atoms with E-state index in [1.54, 1.807) is 18.2 Å². The Balaban J connectivity index is 2.16. The van der Waals surface area contributed by atoms with Crippen molar-refractivity contribution in [3.8, 4) is 16.9 Å². The SMILES string of the molecule is NC[C@H]1CNc2cccc(-c3c(F)cccc3Cl)c2O1. The quantitative estimate of drug-likeness (QED) is 0.893. The Morgan fingerprint density at radius 1 is 1.30 bits per heavy atom. The van der Waals surface area contributed by atoms with Crippen LogP contribution in [0, 0.1) is 5.82 Å². The minimum Gasteiger partial charge on any atom is -0.484 e. The molecule has 2 aromatic rings. The number of halogens is 2. The normalized spacial score (nSPS) is 17.1. The largest absolute Gasteiger partial charge is 0.484 e. The van der Waals surface area contributed by atoms with Crippen LogP contribution in [0.2, 0.25) is 5.02 Å². The van der Waals surface area contributed by atoms with Crippen LogP contribution in [0.5, 0.6) is 5.75 Å². The highest BCUT2D eigenvalue weighted by molar-refractivity contribution is 6.33. The maximum atomic E-state index is 14.1. The summed E-state index contributed by atoms with van der Waals surface area (Å²) in [6.45, 7) is 1.03. The van der Waals surface area contributed by atoms with Crippen LogP contribution in [-0.4, -0.2) is 19.2 Å². The Labute approximate surface area is 121 Å². The molecule has 0 aliphatic carbocycles. The predicted octanol–water partition coefficient (Wildman–Crippen LogP) is 3.28. The molecule has 3 nitrogen and oxygen atoms in total. The first kappa shape index (κ1) is 13.2. The molecular weight excluding hydrogens is 279 g/mol. The molecule has 3 N–H and O–H groups in total. The van der Waals surface area contributed by atoms with Gasteiger partial charge < -0.3 is 15.8 Å². The monoisotopic (exact) mass is 292 g/mol. The molecule has 0 saturated heterocycles. The summed E-state index contributed by atoms with van der Waals surface area (Å²) in [7, 11) is 0. The van der Waals surface area contributed by atoms with Crippen molar-refractivity contribution >= 4 is 17.3 Å². The first-order valence-electron chi connectivity index (χ1n) is 6.38. The Bertz CT molecular complexity index is 628. The van der Waals surface area contributed by atoms with Gasteiger partial charge >= 0.3 is 0 Å². The van der Waals surface area contributed by atoms with Crippen molar-refractivity contribution in [3.05, 3.63) is 47.2 Å². The third-order valence-electron chi connectivity index (χ3n) is 3.31. The summed E-state index contributed by atoms with van der Waals surface area (Å²) in [5.74, 6) is 0.227. The van der Waals surface area contributed by atoms with Gasteiger partial charge in [0.25, 0.3) is 0 Å². The lowest BCUT2D eigenvalue weighted by atomic mass is 10.0. The Hall–Kier alpha value is -1.78. The van der Waals surface area contributed by atoms with E-state index in [1.165, 1.54) is 6.07 Å². The van der Waals surface area contributed by atoms with Gasteiger partial charge in [-0.05, 0) is 18.2 Å². The van der Waals surface area contributed by atoms with Gasteiger partial charge in [0.2, 0.25) is 0 Å². The molecule has 0 bridgehead atoms. The zero-order valence-corrected chi connectivity index (χ0v) is 11.5. The summed E-state index contributed by atoms with van der Waals surface area (Å²) in [6, 6.07) is 10.2. The molecule has 0 fully saturated rings. The van der Waals surface area contributed by atoms with Crippen LogP contribution in [0.4, 0.5) is 10.1 Å². The van der Waals surface area contributed by atoms with E-state index in [4.69, 9.17) is 22.1 Å². The Kier molecular flexibility index (Phi) is 3.51. The molecule has 0 saturated carbocycles. The van der Waals surface area contributed by atoms with Crippen molar-refractivity contribution in [2.45, 2.75) is 6.10 Å². The van der Waals surface area contributed by atoms with Gasteiger partial charge in [0.15, 0.2) is 5.75 Å². The van der Waals surface area contributed by atoms with Gasteiger partial charge in [0.1, 0.15) is 11.9 Å². The number of fused-ring (bicyclic) bond motifs is 1. The van der Waals surface area contributed by atoms with Crippen LogP contribution >= 0.6 is 11.6 Å². The number of anilines is 1. The molecule has 1 aliphatic heterocycles. The van der Waals surface area contributed by atoms with E-state index in [1.807, 2.05) is 12.1 Å². The minimum absolute atomic E-state index is 0.130. The molecule has 3 rings (SSSR count). The van der Waals surface area contributed by atoms with Gasteiger partial charge in [0, 0.05) is 17.7 Å². The van der Waals surface area contributed by atoms with E-state index in [0.717, 1.165) is 5.69 Å². The maximum absolute atomic E-state index is 14.1. The first-order chi connectivity index (χ1) is 9.70. The van der Waals surface area contributed by atoms with Crippen LogP contribution in [0.15, 0.2) is 36.4 Å². The highest BCUT2D eigenvalue weighted by atomic mass is 35.5. The van der Waals surface area contributed by atoms with Crippen LogP contribution in [0.25, 0.3) is 11.1 Å². The van der Waals surface area contributed by atoms with Gasteiger partial charge in [-0.3, -0.25) is 0 Å². The molecule has 1 atom stereocenters. The number of ether oxygens (including phenoxy) is 1. The van der Waals surface area contributed by atoms with Crippen molar-refractivity contribution < 1.29 is 9.13 Å². The molecule has 0 radical (unpaired) electrons. The molecule has 104 valence electrons. The zero-order chi connectivity index (χ0) is 14.1. The summed E-state index contributed by atoms with van der Waals surface area (Å²) in [5, 5.41) is 3.60. The van der Waals surface area contributed by atoms with E-state index < -0.39 is 0 Å². The van der Waals surface area contributed by atoms with Gasteiger partial charge in [0.05, 0.1) is 17.3 Å². The fraction of sp³-hybridized carbons (Fsp3) is 0.200. The molecule has 0 unspecified atom stereocenters. The third kappa shape index (κ3) is 2.21. The Morgan fingerprint density at radius 3 is 2.85 bits per heavy atom. The molecule has 0 spiro atoms. The summed E-state index contributed by atoms with van der Waals surface area (Å²) in [4.78, 5) is 0. The highest BCUT2D eigenvalue weighted by Crippen LogP contribution is 2.42. The van der Waals surface area contributed by atoms with E-state index in [9.17, 15) is 4.39 Å². The van der Waals surface area contributed by atoms with E-state index in [0.29, 0.717) is 35.0 Å². The molecular formula is C15H14ClFN2O. The number of nitrogens with two attached hydrogens (primary N) is 1. The summed E-state index contributed by atoms with van der Waals surface area (Å²) in [6.07, 6.45) is -0.130. The number of benzene rings is 2. The lowest BCUT2D eigenvalue weighted by Gasteiger charge is -2.28. The maximum Gasteiger partial charge on any atom is 0.150 e. The lowest BCUT2D eigenvalue weighted by molar-refractivity contribution is 0.215. The van der Waals surface area contributed by atoms with E-state index >= 15 is 0 Å². The van der Waals surface area contributed by atoms with Crippen molar-refractivity contribution in [2.75, 3.05) is 18.4 Å². The lowest BCUT2D eigenvalue weighted by Crippen LogP contribution is -2.37. The van der Waals surface area contributed by atoms with Crippen LogP contribution in [-0.2, 0) is 0 Å². The summed E-state index contributed by atoms with van der Waals surface area (Å²) < 4.78 is 20.0. The molecule has 0 aromatic heterocycles. The molecule has 2 aromatic carbocycles. The van der Waals surface area contributed by atoms with E-state index in [-0.39, 0.29) is 11.9 Å². The fourth-order valence-corrected chi connectivity index (χ4v) is 2.58. The molecule has 0 amide bonds. The third-order valence-corrected chi connectivity index (χ3v) is 3.63. The second-order valence-corrected chi connectivity index (χ2v) is 5.04. The van der Waals surface area contributed by atoms with Gasteiger partial charge in [-0.25, -0.2) is 4.39 Å². The number of hydrogen-bond acceptors (Lipinski definition) is 3. The van der Waals surface area contributed by atoms with Crippen molar-refractivity contribution in [1.29, 1.82) is 0 Å². The summed E-state index contributed by atoms with van der Waals surface area (Å²) in [5.41, 5.74) is 7.46.